The molecule has 0 spiro atoms. The smallest absolute Gasteiger partial charge is 0.310 e. The Labute approximate surface area is 99.4 Å². The van der Waals surface area contributed by atoms with Gasteiger partial charge < -0.3 is 4.74 Å². The van der Waals surface area contributed by atoms with E-state index in [1.165, 1.54) is 0 Å². The number of benzene rings is 1. The summed E-state index contributed by atoms with van der Waals surface area (Å²) in [6, 6.07) is 3.31. The fraction of sp³-hybridized carbons (Fsp3) is 0.333. The predicted octanol–water partition coefficient (Wildman–Crippen LogP) is 2.57. The summed E-state index contributed by atoms with van der Waals surface area (Å²) in [7, 11) is 0. The molecular weight excluding hydrogens is 228 g/mol. The van der Waals surface area contributed by atoms with Crippen molar-refractivity contribution < 1.29 is 14.3 Å². The minimum atomic E-state index is -0.291. The summed E-state index contributed by atoms with van der Waals surface area (Å²) in [5.74, 6) is -0.291. The van der Waals surface area contributed by atoms with Crippen LogP contribution in [-0.4, -0.2) is 18.9 Å². The molecule has 86 valence electrons. The molecule has 4 heteroatoms. The van der Waals surface area contributed by atoms with Crippen LogP contribution >= 0.6 is 11.6 Å². The third-order valence-electron chi connectivity index (χ3n) is 2.22. The van der Waals surface area contributed by atoms with E-state index in [2.05, 4.69) is 0 Å². The first-order valence-corrected chi connectivity index (χ1v) is 5.36. The highest BCUT2D eigenvalue weighted by molar-refractivity contribution is 6.33. The third kappa shape index (κ3) is 3.07. The van der Waals surface area contributed by atoms with Gasteiger partial charge in [-0.15, -0.1) is 0 Å². The van der Waals surface area contributed by atoms with E-state index in [1.807, 2.05) is 6.92 Å². The average molecular weight is 241 g/mol. The van der Waals surface area contributed by atoms with E-state index in [4.69, 9.17) is 16.3 Å². The molecule has 1 rings (SSSR count). The summed E-state index contributed by atoms with van der Waals surface area (Å²) in [5.41, 5.74) is 2.08. The van der Waals surface area contributed by atoms with Gasteiger partial charge >= 0.3 is 5.97 Å². The molecule has 0 N–H and O–H groups in total. The van der Waals surface area contributed by atoms with E-state index in [-0.39, 0.29) is 12.4 Å². The van der Waals surface area contributed by atoms with E-state index in [0.717, 1.165) is 11.1 Å². The number of rotatable bonds is 4. The monoisotopic (exact) mass is 240 g/mol. The Hall–Kier alpha value is -1.35. The van der Waals surface area contributed by atoms with Crippen molar-refractivity contribution in [2.45, 2.75) is 20.3 Å². The van der Waals surface area contributed by atoms with Crippen LogP contribution in [0, 0.1) is 6.92 Å². The number of halogens is 1. The van der Waals surface area contributed by atoms with Gasteiger partial charge in [0.15, 0.2) is 6.29 Å². The van der Waals surface area contributed by atoms with E-state index >= 15 is 0 Å². The van der Waals surface area contributed by atoms with Crippen LogP contribution in [0.5, 0.6) is 0 Å². The molecule has 0 bridgehead atoms. The van der Waals surface area contributed by atoms with Crippen molar-refractivity contribution in [1.29, 1.82) is 0 Å². The summed E-state index contributed by atoms with van der Waals surface area (Å²) < 4.78 is 4.85. The van der Waals surface area contributed by atoms with E-state index < -0.39 is 0 Å². The Bertz CT molecular complexity index is 413. The number of esters is 1. The van der Waals surface area contributed by atoms with Crippen LogP contribution < -0.4 is 0 Å². The highest BCUT2D eigenvalue weighted by Gasteiger charge is 2.09. The minimum Gasteiger partial charge on any atom is -0.466 e. The second kappa shape index (κ2) is 5.66. The molecule has 3 nitrogen and oxygen atoms in total. The maximum Gasteiger partial charge on any atom is 0.310 e. The first kappa shape index (κ1) is 12.7. The highest BCUT2D eigenvalue weighted by atomic mass is 35.5. The molecule has 0 saturated carbocycles. The molecule has 16 heavy (non-hydrogen) atoms. The molecule has 0 radical (unpaired) electrons. The van der Waals surface area contributed by atoms with Gasteiger partial charge in [-0.3, -0.25) is 9.59 Å². The van der Waals surface area contributed by atoms with Crippen molar-refractivity contribution >= 4 is 23.9 Å². The van der Waals surface area contributed by atoms with Gasteiger partial charge in [0.05, 0.1) is 18.1 Å². The van der Waals surface area contributed by atoms with Crippen molar-refractivity contribution in [3.05, 3.63) is 33.8 Å². The standard InChI is InChI=1S/C12H13ClO3/c1-3-16-12(15)6-9-5-11(13)10(7-14)4-8(9)2/h4-5,7H,3,6H2,1-2H3. The van der Waals surface area contributed by atoms with Crippen molar-refractivity contribution in [2.24, 2.45) is 0 Å². The maximum atomic E-state index is 11.3. The van der Waals surface area contributed by atoms with Gasteiger partial charge in [-0.25, -0.2) is 0 Å². The first-order valence-electron chi connectivity index (χ1n) is 4.98. The van der Waals surface area contributed by atoms with Gasteiger partial charge in [0, 0.05) is 5.56 Å². The quantitative estimate of drug-likeness (QED) is 0.600. The summed E-state index contributed by atoms with van der Waals surface area (Å²) >= 11 is 5.88. The third-order valence-corrected chi connectivity index (χ3v) is 2.55. The normalized spacial score (nSPS) is 9.94. The van der Waals surface area contributed by atoms with Crippen LogP contribution in [0.2, 0.25) is 5.02 Å². The van der Waals surface area contributed by atoms with Crippen molar-refractivity contribution in [3.8, 4) is 0 Å². The molecule has 0 aliphatic heterocycles. The molecule has 0 aliphatic carbocycles. The first-order chi connectivity index (χ1) is 7.58. The van der Waals surface area contributed by atoms with Crippen molar-refractivity contribution in [3.63, 3.8) is 0 Å². The molecule has 0 aromatic heterocycles. The molecule has 0 saturated heterocycles. The molecule has 0 heterocycles. The zero-order valence-electron chi connectivity index (χ0n) is 9.25. The van der Waals surface area contributed by atoms with Gasteiger partial charge in [-0.05, 0) is 37.1 Å². The van der Waals surface area contributed by atoms with Gasteiger partial charge in [-0.1, -0.05) is 11.6 Å². The number of hydrogen-bond acceptors (Lipinski definition) is 3. The number of aldehydes is 1. The summed E-state index contributed by atoms with van der Waals surface area (Å²) in [4.78, 5) is 21.9. The summed E-state index contributed by atoms with van der Waals surface area (Å²) in [5, 5.41) is 0.361. The topological polar surface area (TPSA) is 43.4 Å². The van der Waals surface area contributed by atoms with Crippen molar-refractivity contribution in [2.75, 3.05) is 6.61 Å². The van der Waals surface area contributed by atoms with Crippen LogP contribution in [0.3, 0.4) is 0 Å². The zero-order chi connectivity index (χ0) is 12.1. The van der Waals surface area contributed by atoms with Crippen LogP contribution in [0.15, 0.2) is 12.1 Å². The zero-order valence-corrected chi connectivity index (χ0v) is 10.0. The number of aryl methyl sites for hydroxylation is 1. The molecular formula is C12H13ClO3. The summed E-state index contributed by atoms with van der Waals surface area (Å²) in [6.45, 7) is 3.95. The molecule has 0 fully saturated rings. The SMILES string of the molecule is CCOC(=O)Cc1cc(Cl)c(C=O)cc1C. The van der Waals surface area contributed by atoms with Crippen LogP contribution in [0.1, 0.15) is 28.4 Å². The molecule has 0 unspecified atom stereocenters. The summed E-state index contributed by atoms with van der Waals surface area (Å²) in [6.07, 6.45) is 0.877. The number of hydrogen-bond donors (Lipinski definition) is 0. The van der Waals surface area contributed by atoms with E-state index in [9.17, 15) is 9.59 Å². The minimum absolute atomic E-state index is 0.179. The fourth-order valence-electron chi connectivity index (χ4n) is 1.39. The fourth-order valence-corrected chi connectivity index (χ4v) is 1.62. The average Bonchev–Trinajstić information content (AvgIpc) is 2.23. The second-order valence-corrected chi connectivity index (χ2v) is 3.81. The lowest BCUT2D eigenvalue weighted by Gasteiger charge is -2.07. The number of ether oxygens (including phenoxy) is 1. The molecule has 1 aromatic rings. The Kier molecular flexibility index (Phi) is 4.50. The van der Waals surface area contributed by atoms with Crippen LogP contribution in [0.25, 0.3) is 0 Å². The largest absolute Gasteiger partial charge is 0.466 e. The Morgan fingerprint density at radius 3 is 2.75 bits per heavy atom. The molecule has 1 aromatic carbocycles. The van der Waals surface area contributed by atoms with Crippen molar-refractivity contribution in [1.82, 2.24) is 0 Å². The Morgan fingerprint density at radius 2 is 2.19 bits per heavy atom. The predicted molar refractivity (Wildman–Crippen MR) is 61.9 cm³/mol. The van der Waals surface area contributed by atoms with E-state index in [1.54, 1.807) is 19.1 Å². The van der Waals surface area contributed by atoms with Gasteiger partial charge in [-0.2, -0.15) is 0 Å². The van der Waals surface area contributed by atoms with Gasteiger partial charge in [0.25, 0.3) is 0 Å². The lowest BCUT2D eigenvalue weighted by molar-refractivity contribution is -0.142. The van der Waals surface area contributed by atoms with Gasteiger partial charge in [0.1, 0.15) is 0 Å². The van der Waals surface area contributed by atoms with Gasteiger partial charge in [0.2, 0.25) is 0 Å². The lowest BCUT2D eigenvalue weighted by Crippen LogP contribution is -2.08. The molecule has 0 aliphatic rings. The Morgan fingerprint density at radius 1 is 1.50 bits per heavy atom. The second-order valence-electron chi connectivity index (χ2n) is 3.40. The lowest BCUT2D eigenvalue weighted by atomic mass is 10.0. The molecule has 0 atom stereocenters. The number of carbonyl (C=O) groups is 2. The molecule has 0 amide bonds. The van der Waals surface area contributed by atoms with E-state index in [0.29, 0.717) is 23.5 Å². The Balaban J connectivity index is 2.93. The highest BCUT2D eigenvalue weighted by Crippen LogP contribution is 2.20. The maximum absolute atomic E-state index is 11.3. The van der Waals surface area contributed by atoms with Crippen LogP contribution in [-0.2, 0) is 16.0 Å². The van der Waals surface area contributed by atoms with Crippen LogP contribution in [0.4, 0.5) is 0 Å². The number of carbonyl (C=O) groups excluding carboxylic acids is 2.